The van der Waals surface area contributed by atoms with Crippen LogP contribution in [0.3, 0.4) is 0 Å². The summed E-state index contributed by atoms with van der Waals surface area (Å²) in [4.78, 5) is 0. The molecule has 0 spiro atoms. The first kappa shape index (κ1) is 25.2. The molecule has 164 valence electrons. The van der Waals surface area contributed by atoms with E-state index in [1.54, 1.807) is 0 Å². The molecule has 1 aromatic heterocycles. The smallest absolute Gasteiger partial charge is 0.237 e. The molecule has 1 aromatic rings. The normalized spacial score (nSPS) is 11.6. The van der Waals surface area contributed by atoms with Crippen LogP contribution in [0.2, 0.25) is 0 Å². The molecule has 2 heteroatoms. The van der Waals surface area contributed by atoms with Gasteiger partial charge in [0.1, 0.15) is 12.4 Å². The standard InChI is InChI=1S/C26H51N2/c1-4-5-6-7-8-9-10-11-12-13-14-15-16-17-18-19-21-27-23-24-28(25-27)22-20-26(2)3/h23-26H,4-22H2,1-3H3/q+1. The largest absolute Gasteiger partial charge is 0.243 e. The maximum atomic E-state index is 2.37. The number of hydrogen-bond acceptors (Lipinski definition) is 0. The Hall–Kier alpha value is -0.790. The highest BCUT2D eigenvalue weighted by Crippen LogP contribution is 2.13. The molecule has 1 heterocycles. The molecule has 0 aliphatic carbocycles. The topological polar surface area (TPSA) is 8.81 Å². The number of aromatic nitrogens is 2. The van der Waals surface area contributed by atoms with Crippen LogP contribution in [0.25, 0.3) is 0 Å². The molecule has 0 aliphatic rings. The zero-order valence-corrected chi connectivity index (χ0v) is 19.6. The van der Waals surface area contributed by atoms with Crippen LogP contribution >= 0.6 is 0 Å². The second-order valence-corrected chi connectivity index (χ2v) is 9.38. The van der Waals surface area contributed by atoms with Gasteiger partial charge in [0.2, 0.25) is 6.33 Å². The highest BCUT2D eigenvalue weighted by Gasteiger charge is 2.04. The fourth-order valence-electron chi connectivity index (χ4n) is 3.95. The van der Waals surface area contributed by atoms with Gasteiger partial charge in [0.15, 0.2) is 0 Å². The predicted molar refractivity (Wildman–Crippen MR) is 124 cm³/mol. The molecule has 28 heavy (non-hydrogen) atoms. The summed E-state index contributed by atoms with van der Waals surface area (Å²) in [7, 11) is 0. The number of unbranched alkanes of at least 4 members (excludes halogenated alkanes) is 15. The molecule has 0 radical (unpaired) electrons. The van der Waals surface area contributed by atoms with Gasteiger partial charge in [-0.1, -0.05) is 111 Å². The third kappa shape index (κ3) is 15.2. The summed E-state index contributed by atoms with van der Waals surface area (Å²) in [5, 5.41) is 0. The summed E-state index contributed by atoms with van der Waals surface area (Å²) in [5.41, 5.74) is 0. The minimum Gasteiger partial charge on any atom is -0.237 e. The number of nitrogens with zero attached hydrogens (tertiary/aromatic N) is 2. The first-order chi connectivity index (χ1) is 13.7. The van der Waals surface area contributed by atoms with Crippen molar-refractivity contribution in [1.29, 1.82) is 0 Å². The van der Waals surface area contributed by atoms with E-state index in [4.69, 9.17) is 0 Å². The summed E-state index contributed by atoms with van der Waals surface area (Å²) < 4.78 is 4.70. The van der Waals surface area contributed by atoms with E-state index in [0.29, 0.717) is 0 Å². The van der Waals surface area contributed by atoms with Crippen LogP contribution in [-0.2, 0) is 13.1 Å². The van der Waals surface area contributed by atoms with Crippen molar-refractivity contribution in [3.8, 4) is 0 Å². The van der Waals surface area contributed by atoms with Gasteiger partial charge in [-0.3, -0.25) is 0 Å². The molecule has 0 aliphatic heterocycles. The van der Waals surface area contributed by atoms with Gasteiger partial charge < -0.3 is 0 Å². The lowest BCUT2D eigenvalue weighted by molar-refractivity contribution is -0.696. The molecule has 0 fully saturated rings. The molecule has 0 atom stereocenters. The third-order valence-corrected chi connectivity index (χ3v) is 5.98. The van der Waals surface area contributed by atoms with E-state index >= 15 is 0 Å². The van der Waals surface area contributed by atoms with E-state index in [2.05, 4.69) is 48.6 Å². The summed E-state index contributed by atoms with van der Waals surface area (Å²) in [5.74, 6) is 0.788. The predicted octanol–water partition coefficient (Wildman–Crippen LogP) is 8.08. The van der Waals surface area contributed by atoms with Gasteiger partial charge in [0, 0.05) is 0 Å². The van der Waals surface area contributed by atoms with Gasteiger partial charge in [-0.15, -0.1) is 0 Å². The lowest BCUT2D eigenvalue weighted by atomic mass is 10.0. The van der Waals surface area contributed by atoms with Crippen LogP contribution < -0.4 is 4.57 Å². The minimum atomic E-state index is 0.788. The van der Waals surface area contributed by atoms with Crippen molar-refractivity contribution in [1.82, 2.24) is 4.57 Å². The van der Waals surface area contributed by atoms with Crippen LogP contribution in [0.1, 0.15) is 130 Å². The summed E-state index contributed by atoms with van der Waals surface area (Å²) in [6.07, 6.45) is 31.1. The first-order valence-electron chi connectivity index (χ1n) is 12.8. The van der Waals surface area contributed by atoms with Gasteiger partial charge in [-0.25, -0.2) is 9.13 Å². The van der Waals surface area contributed by atoms with E-state index < -0.39 is 0 Å². The number of hydrogen-bond donors (Lipinski definition) is 0. The third-order valence-electron chi connectivity index (χ3n) is 5.98. The van der Waals surface area contributed by atoms with Crippen molar-refractivity contribution >= 4 is 0 Å². The number of rotatable bonds is 20. The zero-order valence-electron chi connectivity index (χ0n) is 19.6. The van der Waals surface area contributed by atoms with Crippen LogP contribution in [0.4, 0.5) is 0 Å². The Labute approximate surface area is 177 Å². The highest BCUT2D eigenvalue weighted by atomic mass is 15.1. The van der Waals surface area contributed by atoms with Gasteiger partial charge in [0.25, 0.3) is 0 Å². The Balaban J connectivity index is 1.80. The molecule has 1 rings (SSSR count). The lowest BCUT2D eigenvalue weighted by Crippen LogP contribution is -2.30. The number of imidazole rings is 1. The molecule has 0 N–H and O–H groups in total. The van der Waals surface area contributed by atoms with E-state index in [1.807, 2.05) is 0 Å². The van der Waals surface area contributed by atoms with Gasteiger partial charge in [-0.2, -0.15) is 0 Å². The lowest BCUT2D eigenvalue weighted by Gasteiger charge is -2.03. The molecule has 0 unspecified atom stereocenters. The molecular formula is C26H51N2+. The molecule has 0 amide bonds. The average molecular weight is 392 g/mol. The molecular weight excluding hydrogens is 340 g/mol. The summed E-state index contributed by atoms with van der Waals surface area (Å²) in [6, 6.07) is 0. The Morgan fingerprint density at radius 1 is 0.679 bits per heavy atom. The van der Waals surface area contributed by atoms with Crippen molar-refractivity contribution in [3.05, 3.63) is 18.7 Å². The molecule has 2 nitrogen and oxygen atoms in total. The number of aryl methyl sites for hydroxylation is 2. The van der Waals surface area contributed by atoms with Gasteiger partial charge >= 0.3 is 0 Å². The Bertz CT molecular complexity index is 435. The monoisotopic (exact) mass is 391 g/mol. The second-order valence-electron chi connectivity index (χ2n) is 9.38. The van der Waals surface area contributed by atoms with Crippen LogP contribution in [0.15, 0.2) is 18.7 Å². The van der Waals surface area contributed by atoms with E-state index in [0.717, 1.165) is 12.5 Å². The average Bonchev–Trinajstić information content (AvgIpc) is 3.14. The van der Waals surface area contributed by atoms with Crippen molar-refractivity contribution < 1.29 is 4.57 Å². The summed E-state index contributed by atoms with van der Waals surface area (Å²) in [6.45, 7) is 9.24. The van der Waals surface area contributed by atoms with E-state index in [1.165, 1.54) is 116 Å². The van der Waals surface area contributed by atoms with Crippen LogP contribution in [0, 0.1) is 5.92 Å². The zero-order chi connectivity index (χ0) is 20.3. The molecule has 0 bridgehead atoms. The Morgan fingerprint density at radius 2 is 1.14 bits per heavy atom. The van der Waals surface area contributed by atoms with Crippen molar-refractivity contribution in [2.75, 3.05) is 0 Å². The van der Waals surface area contributed by atoms with Crippen molar-refractivity contribution in [3.63, 3.8) is 0 Å². The fourth-order valence-corrected chi connectivity index (χ4v) is 3.95. The molecule has 0 saturated carbocycles. The second kappa shape index (κ2) is 18.3. The van der Waals surface area contributed by atoms with Crippen molar-refractivity contribution in [2.45, 2.75) is 143 Å². The van der Waals surface area contributed by atoms with Crippen LogP contribution in [0.5, 0.6) is 0 Å². The maximum Gasteiger partial charge on any atom is 0.243 e. The quantitative estimate of drug-likeness (QED) is 0.157. The van der Waals surface area contributed by atoms with E-state index in [-0.39, 0.29) is 0 Å². The maximum absolute atomic E-state index is 2.37. The minimum absolute atomic E-state index is 0.788. The SMILES string of the molecule is CCCCCCCCCCCCCCCCCC[n+]1ccn(CCC(C)C)c1. The molecule has 0 saturated heterocycles. The fraction of sp³-hybridized carbons (Fsp3) is 0.885. The van der Waals surface area contributed by atoms with Crippen LogP contribution in [-0.4, -0.2) is 4.57 Å². The van der Waals surface area contributed by atoms with Gasteiger partial charge in [0.05, 0.1) is 13.1 Å². The Morgan fingerprint density at radius 3 is 1.61 bits per heavy atom. The van der Waals surface area contributed by atoms with Crippen molar-refractivity contribution in [2.24, 2.45) is 5.92 Å². The summed E-state index contributed by atoms with van der Waals surface area (Å²) >= 11 is 0. The van der Waals surface area contributed by atoms with Gasteiger partial charge in [-0.05, 0) is 25.2 Å². The Kier molecular flexibility index (Phi) is 16.5. The highest BCUT2D eigenvalue weighted by molar-refractivity contribution is 4.66. The molecule has 0 aromatic carbocycles. The van der Waals surface area contributed by atoms with E-state index in [9.17, 15) is 0 Å². The first-order valence-corrected chi connectivity index (χ1v) is 12.8.